The van der Waals surface area contributed by atoms with E-state index in [4.69, 9.17) is 9.52 Å². The minimum atomic E-state index is -0.757. The Morgan fingerprint density at radius 3 is 2.89 bits per heavy atom. The molecule has 0 aliphatic rings. The second kappa shape index (κ2) is 5.12. The van der Waals surface area contributed by atoms with Crippen LogP contribution in [0.3, 0.4) is 0 Å². The van der Waals surface area contributed by atoms with E-state index in [-0.39, 0.29) is 12.3 Å². The van der Waals surface area contributed by atoms with E-state index >= 15 is 0 Å². The summed E-state index contributed by atoms with van der Waals surface area (Å²) in [5.41, 5.74) is 1.85. The average molecular weight is 247 g/mol. The first-order valence-electron chi connectivity index (χ1n) is 5.97. The summed E-state index contributed by atoms with van der Waals surface area (Å²) >= 11 is 0. The lowest BCUT2D eigenvalue weighted by Crippen LogP contribution is -2.25. The molecular weight excluding hydrogens is 230 g/mol. The normalized spacial score (nSPS) is 12.6. The third-order valence-corrected chi connectivity index (χ3v) is 2.98. The molecule has 1 atom stereocenters. The van der Waals surface area contributed by atoms with Gasteiger partial charge in [-0.1, -0.05) is 19.1 Å². The molecule has 1 N–H and O–H groups in total. The fourth-order valence-corrected chi connectivity index (χ4v) is 2.19. The molecule has 1 aromatic carbocycles. The molecule has 96 valence electrons. The van der Waals surface area contributed by atoms with Gasteiger partial charge in [-0.15, -0.1) is 0 Å². The van der Waals surface area contributed by atoms with Gasteiger partial charge >= 0.3 is 5.97 Å². The lowest BCUT2D eigenvalue weighted by Gasteiger charge is -2.21. The van der Waals surface area contributed by atoms with Crippen LogP contribution in [0.25, 0.3) is 11.0 Å². The van der Waals surface area contributed by atoms with E-state index in [9.17, 15) is 4.79 Å². The maximum atomic E-state index is 10.7. The van der Waals surface area contributed by atoms with Crippen molar-refractivity contribution in [1.29, 1.82) is 0 Å². The van der Waals surface area contributed by atoms with E-state index in [1.807, 2.05) is 43.1 Å². The van der Waals surface area contributed by atoms with Crippen molar-refractivity contribution in [3.63, 3.8) is 0 Å². The van der Waals surface area contributed by atoms with Crippen molar-refractivity contribution in [2.75, 3.05) is 18.5 Å². The van der Waals surface area contributed by atoms with Crippen molar-refractivity contribution in [2.45, 2.75) is 13.3 Å². The fraction of sp³-hybridized carbons (Fsp3) is 0.357. The van der Waals surface area contributed by atoms with E-state index in [0.29, 0.717) is 6.54 Å². The number of carboxylic acids is 1. The highest BCUT2D eigenvalue weighted by Gasteiger charge is 2.14. The number of fused-ring (bicyclic) bond motifs is 1. The van der Waals surface area contributed by atoms with Crippen LogP contribution in [0.1, 0.15) is 13.3 Å². The highest BCUT2D eigenvalue weighted by atomic mass is 16.4. The first-order valence-corrected chi connectivity index (χ1v) is 5.97. The maximum absolute atomic E-state index is 10.7. The molecule has 0 amide bonds. The monoisotopic (exact) mass is 247 g/mol. The number of hydrogen-bond acceptors (Lipinski definition) is 3. The minimum Gasteiger partial charge on any atom is -0.481 e. The minimum absolute atomic E-state index is 0.0983. The average Bonchev–Trinajstić information content (AvgIpc) is 2.71. The van der Waals surface area contributed by atoms with Gasteiger partial charge in [-0.05, 0) is 18.1 Å². The molecule has 2 rings (SSSR count). The molecule has 0 spiro atoms. The number of benzene rings is 1. The summed E-state index contributed by atoms with van der Waals surface area (Å²) in [6, 6.07) is 7.83. The molecule has 4 nitrogen and oxygen atoms in total. The van der Waals surface area contributed by atoms with Crippen LogP contribution in [0.5, 0.6) is 0 Å². The van der Waals surface area contributed by atoms with E-state index < -0.39 is 5.97 Å². The molecule has 4 heteroatoms. The summed E-state index contributed by atoms with van der Waals surface area (Å²) in [5, 5.41) is 9.82. The van der Waals surface area contributed by atoms with Crippen LogP contribution in [0, 0.1) is 5.92 Å². The molecule has 18 heavy (non-hydrogen) atoms. The molecule has 0 saturated heterocycles. The Morgan fingerprint density at radius 2 is 2.17 bits per heavy atom. The van der Waals surface area contributed by atoms with Crippen molar-refractivity contribution < 1.29 is 14.3 Å². The zero-order valence-electron chi connectivity index (χ0n) is 10.6. The van der Waals surface area contributed by atoms with E-state index in [1.54, 1.807) is 6.26 Å². The molecule has 0 radical (unpaired) electrons. The van der Waals surface area contributed by atoms with E-state index in [2.05, 4.69) is 0 Å². The van der Waals surface area contributed by atoms with Crippen LogP contribution in [0.15, 0.2) is 34.9 Å². The maximum Gasteiger partial charge on any atom is 0.303 e. The lowest BCUT2D eigenvalue weighted by molar-refractivity contribution is -0.137. The Bertz CT molecular complexity index is 547. The molecule has 0 aliphatic carbocycles. The number of nitrogens with zero attached hydrogens (tertiary/aromatic N) is 1. The Kier molecular flexibility index (Phi) is 3.55. The van der Waals surface area contributed by atoms with Crippen molar-refractivity contribution in [2.24, 2.45) is 5.92 Å². The molecule has 0 bridgehead atoms. The summed E-state index contributed by atoms with van der Waals surface area (Å²) in [5.74, 6) is -0.658. The van der Waals surface area contributed by atoms with Crippen LogP contribution < -0.4 is 4.90 Å². The van der Waals surface area contributed by atoms with Gasteiger partial charge in [0, 0.05) is 25.4 Å². The highest BCUT2D eigenvalue weighted by Crippen LogP contribution is 2.28. The summed E-state index contributed by atoms with van der Waals surface area (Å²) < 4.78 is 5.47. The molecular formula is C14H17NO3. The predicted molar refractivity (Wildman–Crippen MR) is 70.9 cm³/mol. The van der Waals surface area contributed by atoms with Crippen molar-refractivity contribution in [3.8, 4) is 0 Å². The van der Waals surface area contributed by atoms with Gasteiger partial charge in [0.25, 0.3) is 0 Å². The van der Waals surface area contributed by atoms with Crippen LogP contribution >= 0.6 is 0 Å². The SMILES string of the molecule is CC(CC(=O)O)CN(C)c1coc2ccccc12. The van der Waals surface area contributed by atoms with Crippen molar-refractivity contribution >= 4 is 22.6 Å². The van der Waals surface area contributed by atoms with Crippen LogP contribution in [-0.4, -0.2) is 24.7 Å². The first kappa shape index (κ1) is 12.5. The molecule has 1 unspecified atom stereocenters. The first-order chi connectivity index (χ1) is 8.58. The molecule has 0 aliphatic heterocycles. The number of hydrogen-bond donors (Lipinski definition) is 1. The third-order valence-electron chi connectivity index (χ3n) is 2.98. The highest BCUT2D eigenvalue weighted by molar-refractivity contribution is 5.90. The topological polar surface area (TPSA) is 53.7 Å². The van der Waals surface area contributed by atoms with E-state index in [0.717, 1.165) is 16.7 Å². The lowest BCUT2D eigenvalue weighted by atomic mass is 10.1. The van der Waals surface area contributed by atoms with Gasteiger partial charge in [-0.25, -0.2) is 0 Å². The second-order valence-corrected chi connectivity index (χ2v) is 4.70. The summed E-state index contributed by atoms with van der Waals surface area (Å²) in [6.45, 7) is 2.63. The third kappa shape index (κ3) is 2.64. The Balaban J connectivity index is 2.13. The fourth-order valence-electron chi connectivity index (χ4n) is 2.19. The van der Waals surface area contributed by atoms with E-state index in [1.165, 1.54) is 0 Å². The standard InChI is InChI=1S/C14H17NO3/c1-10(7-14(16)17)8-15(2)12-9-18-13-6-4-3-5-11(12)13/h3-6,9-10H,7-8H2,1-2H3,(H,16,17). The predicted octanol–water partition coefficient (Wildman–Crippen LogP) is 2.98. The van der Waals surface area contributed by atoms with Gasteiger partial charge in [-0.2, -0.15) is 0 Å². The van der Waals surface area contributed by atoms with Crippen LogP contribution in [0.2, 0.25) is 0 Å². The van der Waals surface area contributed by atoms with Gasteiger partial charge < -0.3 is 14.4 Å². The number of rotatable bonds is 5. The van der Waals surface area contributed by atoms with Crippen molar-refractivity contribution in [3.05, 3.63) is 30.5 Å². The van der Waals surface area contributed by atoms with Gasteiger partial charge in [0.2, 0.25) is 0 Å². The number of carboxylic acid groups (broad SMARTS) is 1. The van der Waals surface area contributed by atoms with Crippen molar-refractivity contribution in [1.82, 2.24) is 0 Å². The second-order valence-electron chi connectivity index (χ2n) is 4.70. The van der Waals surface area contributed by atoms with Gasteiger partial charge in [-0.3, -0.25) is 4.79 Å². The number of anilines is 1. The number of carbonyl (C=O) groups is 1. The summed E-state index contributed by atoms with van der Waals surface area (Å²) in [4.78, 5) is 12.7. The summed E-state index contributed by atoms with van der Waals surface area (Å²) in [6.07, 6.45) is 1.90. The number of furan rings is 1. The van der Waals surface area contributed by atoms with Gasteiger partial charge in [0.1, 0.15) is 11.8 Å². The molecule has 2 aromatic rings. The molecule has 1 aromatic heterocycles. The van der Waals surface area contributed by atoms with Crippen LogP contribution in [-0.2, 0) is 4.79 Å². The zero-order valence-corrected chi connectivity index (χ0v) is 10.6. The molecule has 1 heterocycles. The molecule has 0 saturated carbocycles. The van der Waals surface area contributed by atoms with Crippen LogP contribution in [0.4, 0.5) is 5.69 Å². The Morgan fingerprint density at radius 1 is 1.44 bits per heavy atom. The van der Waals surface area contributed by atoms with Gasteiger partial charge in [0.05, 0.1) is 5.69 Å². The zero-order chi connectivity index (χ0) is 13.1. The Hall–Kier alpha value is -1.97. The molecule has 0 fully saturated rings. The Labute approximate surface area is 106 Å². The number of aliphatic carboxylic acids is 1. The quantitative estimate of drug-likeness (QED) is 0.882. The smallest absolute Gasteiger partial charge is 0.303 e. The number of para-hydroxylation sites is 1. The van der Waals surface area contributed by atoms with Gasteiger partial charge in [0.15, 0.2) is 0 Å². The largest absolute Gasteiger partial charge is 0.481 e. The summed E-state index contributed by atoms with van der Waals surface area (Å²) in [7, 11) is 1.95.